The van der Waals surface area contributed by atoms with Gasteiger partial charge in [-0.15, -0.1) is 0 Å². The molecule has 1 heterocycles. The summed E-state index contributed by atoms with van der Waals surface area (Å²) in [6.45, 7) is 1.45. The highest BCUT2D eigenvalue weighted by molar-refractivity contribution is 9.10. The zero-order chi connectivity index (χ0) is 13.5. The first-order chi connectivity index (χ1) is 9.14. The molecule has 1 aliphatic carbocycles. The van der Waals surface area contributed by atoms with Gasteiger partial charge >= 0.3 is 0 Å². The molecule has 1 aromatic rings. The van der Waals surface area contributed by atoms with Crippen LogP contribution in [0.3, 0.4) is 0 Å². The molecule has 3 rings (SSSR count). The maximum Gasteiger partial charge on any atom is 0.137 e. The van der Waals surface area contributed by atoms with Crippen LogP contribution in [-0.4, -0.2) is 19.3 Å². The van der Waals surface area contributed by atoms with Gasteiger partial charge in [0.25, 0.3) is 0 Å². The smallest absolute Gasteiger partial charge is 0.137 e. The first-order valence-electron chi connectivity index (χ1n) is 6.90. The Kier molecular flexibility index (Phi) is 3.67. The van der Waals surface area contributed by atoms with Gasteiger partial charge in [0.15, 0.2) is 0 Å². The molecule has 2 aliphatic rings. The number of hydrogen-bond donors (Lipinski definition) is 1. The van der Waals surface area contributed by atoms with Crippen LogP contribution in [0.1, 0.15) is 24.8 Å². The van der Waals surface area contributed by atoms with E-state index < -0.39 is 0 Å². The quantitative estimate of drug-likeness (QED) is 0.921. The van der Waals surface area contributed by atoms with Crippen molar-refractivity contribution in [1.82, 2.24) is 0 Å². The zero-order valence-electron chi connectivity index (χ0n) is 10.9. The van der Waals surface area contributed by atoms with E-state index in [1.807, 2.05) is 12.1 Å². The van der Waals surface area contributed by atoms with E-state index >= 15 is 0 Å². The summed E-state index contributed by atoms with van der Waals surface area (Å²) in [5.41, 5.74) is 7.25. The fourth-order valence-electron chi connectivity index (χ4n) is 3.28. The number of ether oxygens (including phenoxy) is 1. The lowest BCUT2D eigenvalue weighted by atomic mass is 9.74. The van der Waals surface area contributed by atoms with E-state index in [1.54, 1.807) is 0 Å². The van der Waals surface area contributed by atoms with Gasteiger partial charge in [-0.25, -0.2) is 4.39 Å². The molecule has 2 unspecified atom stereocenters. The van der Waals surface area contributed by atoms with E-state index in [0.717, 1.165) is 25.0 Å². The summed E-state index contributed by atoms with van der Waals surface area (Å²) in [4.78, 5) is 0. The molecule has 1 saturated heterocycles. The van der Waals surface area contributed by atoms with Crippen molar-refractivity contribution in [2.45, 2.75) is 31.8 Å². The van der Waals surface area contributed by atoms with Crippen LogP contribution in [0.25, 0.3) is 0 Å². The molecule has 1 aliphatic heterocycles. The largest absolute Gasteiger partial charge is 0.377 e. The molecule has 0 radical (unpaired) electrons. The van der Waals surface area contributed by atoms with Crippen LogP contribution in [0.4, 0.5) is 4.39 Å². The summed E-state index contributed by atoms with van der Waals surface area (Å²) >= 11 is 3.25. The van der Waals surface area contributed by atoms with Crippen molar-refractivity contribution in [2.24, 2.45) is 17.1 Å². The molecule has 1 aromatic carbocycles. The van der Waals surface area contributed by atoms with Gasteiger partial charge in [-0.2, -0.15) is 0 Å². The first kappa shape index (κ1) is 13.5. The van der Waals surface area contributed by atoms with Crippen LogP contribution in [0.2, 0.25) is 0 Å². The standard InChI is InChI=1S/C15H19BrFNO/c16-12-7-10(1-4-13(12)17)8-15(9-18)5-6-19-14(15)11-2-3-11/h1,4,7,11,14H,2-3,5-6,8-9,18H2. The minimum atomic E-state index is -0.216. The maximum atomic E-state index is 13.3. The van der Waals surface area contributed by atoms with Crippen molar-refractivity contribution in [3.8, 4) is 0 Å². The van der Waals surface area contributed by atoms with Gasteiger partial charge in [-0.05, 0) is 65.2 Å². The molecule has 0 aromatic heterocycles. The summed E-state index contributed by atoms with van der Waals surface area (Å²) in [6.07, 6.45) is 4.71. The van der Waals surface area contributed by atoms with Gasteiger partial charge in [0.1, 0.15) is 5.82 Å². The highest BCUT2D eigenvalue weighted by Crippen LogP contribution is 2.49. The van der Waals surface area contributed by atoms with E-state index in [4.69, 9.17) is 10.5 Å². The Morgan fingerprint density at radius 3 is 2.84 bits per heavy atom. The fourth-order valence-corrected chi connectivity index (χ4v) is 3.70. The third kappa shape index (κ3) is 2.58. The number of rotatable bonds is 4. The topological polar surface area (TPSA) is 35.2 Å². The summed E-state index contributed by atoms with van der Waals surface area (Å²) in [6, 6.07) is 5.25. The van der Waals surface area contributed by atoms with Crippen LogP contribution in [0.15, 0.2) is 22.7 Å². The second-order valence-electron chi connectivity index (χ2n) is 5.87. The molecule has 2 N–H and O–H groups in total. The molecule has 2 atom stereocenters. The molecule has 0 bridgehead atoms. The number of nitrogens with two attached hydrogens (primary N) is 1. The average Bonchev–Trinajstić information content (AvgIpc) is 3.16. The summed E-state index contributed by atoms with van der Waals surface area (Å²) in [7, 11) is 0. The Balaban J connectivity index is 1.83. The predicted molar refractivity (Wildman–Crippen MR) is 76.4 cm³/mol. The highest BCUT2D eigenvalue weighted by atomic mass is 79.9. The molecule has 4 heteroatoms. The lowest BCUT2D eigenvalue weighted by molar-refractivity contribution is 0.0345. The third-order valence-electron chi connectivity index (χ3n) is 4.50. The van der Waals surface area contributed by atoms with Crippen LogP contribution in [-0.2, 0) is 11.2 Å². The number of benzene rings is 1. The molecule has 0 spiro atoms. The Labute approximate surface area is 121 Å². The highest BCUT2D eigenvalue weighted by Gasteiger charge is 2.50. The van der Waals surface area contributed by atoms with E-state index in [0.29, 0.717) is 23.0 Å². The van der Waals surface area contributed by atoms with Crippen LogP contribution in [0.5, 0.6) is 0 Å². The van der Waals surface area contributed by atoms with E-state index in [9.17, 15) is 4.39 Å². The minimum absolute atomic E-state index is 0.0401. The Morgan fingerprint density at radius 1 is 1.42 bits per heavy atom. The third-order valence-corrected chi connectivity index (χ3v) is 5.11. The van der Waals surface area contributed by atoms with Gasteiger partial charge in [-0.1, -0.05) is 6.07 Å². The summed E-state index contributed by atoms with van der Waals surface area (Å²) in [5.74, 6) is 0.474. The van der Waals surface area contributed by atoms with Gasteiger partial charge in [0.05, 0.1) is 10.6 Å². The fraction of sp³-hybridized carbons (Fsp3) is 0.600. The molecular formula is C15H19BrFNO. The molecule has 104 valence electrons. The maximum absolute atomic E-state index is 13.3. The molecule has 2 nitrogen and oxygen atoms in total. The molecule has 2 fully saturated rings. The van der Waals surface area contributed by atoms with Crippen molar-refractivity contribution < 1.29 is 9.13 Å². The van der Waals surface area contributed by atoms with Crippen LogP contribution >= 0.6 is 15.9 Å². The van der Waals surface area contributed by atoms with E-state index in [2.05, 4.69) is 15.9 Å². The second kappa shape index (κ2) is 5.15. The Morgan fingerprint density at radius 2 is 2.21 bits per heavy atom. The van der Waals surface area contributed by atoms with Gasteiger partial charge in [0.2, 0.25) is 0 Å². The zero-order valence-corrected chi connectivity index (χ0v) is 12.5. The SMILES string of the molecule is NCC1(Cc2ccc(F)c(Br)c2)CCOC1C1CC1. The lowest BCUT2D eigenvalue weighted by Crippen LogP contribution is -2.41. The van der Waals surface area contributed by atoms with Crippen LogP contribution < -0.4 is 5.73 Å². The van der Waals surface area contributed by atoms with E-state index in [-0.39, 0.29) is 11.2 Å². The van der Waals surface area contributed by atoms with Crippen LogP contribution in [0, 0.1) is 17.2 Å². The molecule has 0 amide bonds. The number of hydrogen-bond acceptors (Lipinski definition) is 2. The van der Waals surface area contributed by atoms with Crippen molar-refractivity contribution in [2.75, 3.05) is 13.2 Å². The van der Waals surface area contributed by atoms with Crippen molar-refractivity contribution in [1.29, 1.82) is 0 Å². The van der Waals surface area contributed by atoms with Crippen molar-refractivity contribution >= 4 is 15.9 Å². The molecule has 1 saturated carbocycles. The monoisotopic (exact) mass is 327 g/mol. The second-order valence-corrected chi connectivity index (χ2v) is 6.72. The summed E-state index contributed by atoms with van der Waals surface area (Å²) in [5, 5.41) is 0. The number of halogens is 2. The normalized spacial score (nSPS) is 30.8. The first-order valence-corrected chi connectivity index (χ1v) is 7.69. The predicted octanol–water partition coefficient (Wildman–Crippen LogP) is 3.27. The van der Waals surface area contributed by atoms with Gasteiger partial charge in [-0.3, -0.25) is 0 Å². The summed E-state index contributed by atoms with van der Waals surface area (Å²) < 4.78 is 19.8. The van der Waals surface area contributed by atoms with E-state index in [1.165, 1.54) is 18.9 Å². The lowest BCUT2D eigenvalue weighted by Gasteiger charge is -2.33. The van der Waals surface area contributed by atoms with Gasteiger partial charge < -0.3 is 10.5 Å². The van der Waals surface area contributed by atoms with Crippen molar-refractivity contribution in [3.05, 3.63) is 34.1 Å². The minimum Gasteiger partial charge on any atom is -0.377 e. The molecular weight excluding hydrogens is 309 g/mol. The Bertz CT molecular complexity index is 477. The molecule has 19 heavy (non-hydrogen) atoms. The average molecular weight is 328 g/mol. The van der Waals surface area contributed by atoms with Crippen molar-refractivity contribution in [3.63, 3.8) is 0 Å². The van der Waals surface area contributed by atoms with Gasteiger partial charge in [0, 0.05) is 18.6 Å². The Hall–Kier alpha value is -0.450.